The first-order valence-corrected chi connectivity index (χ1v) is 7.21. The van der Waals surface area contributed by atoms with Gasteiger partial charge in [0.05, 0.1) is 12.2 Å². The molecule has 0 aromatic carbocycles. The summed E-state index contributed by atoms with van der Waals surface area (Å²) >= 11 is 0. The van der Waals surface area contributed by atoms with Crippen molar-refractivity contribution in [2.75, 3.05) is 24.6 Å². The van der Waals surface area contributed by atoms with E-state index in [0.717, 1.165) is 50.3 Å². The van der Waals surface area contributed by atoms with Crippen molar-refractivity contribution >= 4 is 5.82 Å². The van der Waals surface area contributed by atoms with Crippen LogP contribution in [0.15, 0.2) is 18.3 Å². The van der Waals surface area contributed by atoms with Crippen LogP contribution in [-0.2, 0) is 4.74 Å². The molecule has 2 atom stereocenters. The van der Waals surface area contributed by atoms with E-state index >= 15 is 0 Å². The molecule has 1 aliphatic heterocycles. The van der Waals surface area contributed by atoms with E-state index in [1.807, 2.05) is 12.1 Å². The second kappa shape index (κ2) is 6.87. The number of aliphatic hydroxyl groups excluding tert-OH is 1. The molecule has 0 aliphatic carbocycles. The number of nitrogens with zero attached hydrogens (tertiary/aromatic N) is 2. The molecule has 1 fully saturated rings. The summed E-state index contributed by atoms with van der Waals surface area (Å²) in [7, 11) is 0. The Morgan fingerprint density at radius 2 is 2.37 bits per heavy atom. The Balaban J connectivity index is 1.96. The number of pyridine rings is 1. The van der Waals surface area contributed by atoms with E-state index in [1.165, 1.54) is 0 Å². The Kier molecular flexibility index (Phi) is 5.16. The molecular weight excluding hydrogens is 240 g/mol. The maximum atomic E-state index is 9.49. The summed E-state index contributed by atoms with van der Waals surface area (Å²) in [6, 6.07) is 3.94. The van der Waals surface area contributed by atoms with Crippen molar-refractivity contribution in [2.45, 2.75) is 45.3 Å². The minimum Gasteiger partial charge on any atom is -0.389 e. The Morgan fingerprint density at radius 3 is 3.00 bits per heavy atom. The normalized spacial score (nSPS) is 21.4. The second-order valence-electron chi connectivity index (χ2n) is 5.21. The van der Waals surface area contributed by atoms with Gasteiger partial charge in [0.2, 0.25) is 0 Å². The van der Waals surface area contributed by atoms with Gasteiger partial charge in [-0.15, -0.1) is 0 Å². The van der Waals surface area contributed by atoms with E-state index in [0.29, 0.717) is 6.10 Å². The minimum absolute atomic E-state index is 0.326. The first-order valence-electron chi connectivity index (χ1n) is 7.21. The molecule has 4 nitrogen and oxygen atoms in total. The van der Waals surface area contributed by atoms with E-state index in [9.17, 15) is 5.11 Å². The smallest absolute Gasteiger partial charge is 0.128 e. The van der Waals surface area contributed by atoms with Gasteiger partial charge in [-0.25, -0.2) is 4.98 Å². The Labute approximate surface area is 115 Å². The minimum atomic E-state index is -0.455. The van der Waals surface area contributed by atoms with Gasteiger partial charge in [-0.3, -0.25) is 0 Å². The molecule has 2 heterocycles. The number of aliphatic hydroxyl groups is 1. The average Bonchev–Trinajstić information content (AvgIpc) is 2.45. The van der Waals surface area contributed by atoms with Crippen LogP contribution in [-0.4, -0.2) is 35.9 Å². The second-order valence-corrected chi connectivity index (χ2v) is 5.21. The van der Waals surface area contributed by atoms with Crippen LogP contribution in [0.3, 0.4) is 0 Å². The van der Waals surface area contributed by atoms with E-state index in [-0.39, 0.29) is 0 Å². The van der Waals surface area contributed by atoms with Crippen molar-refractivity contribution in [1.82, 2.24) is 4.98 Å². The first kappa shape index (κ1) is 14.3. The third-order valence-corrected chi connectivity index (χ3v) is 3.51. The lowest BCUT2D eigenvalue weighted by atomic mass is 10.1. The molecule has 1 N–H and O–H groups in total. The highest BCUT2D eigenvalue weighted by Gasteiger charge is 2.21. The molecule has 4 heteroatoms. The molecule has 1 unspecified atom stereocenters. The lowest BCUT2D eigenvalue weighted by molar-refractivity contribution is 0.0439. The zero-order chi connectivity index (χ0) is 13.7. The molecular formula is C15H24N2O2. The van der Waals surface area contributed by atoms with Crippen LogP contribution >= 0.6 is 0 Å². The molecule has 1 saturated heterocycles. The average molecular weight is 264 g/mol. The highest BCUT2D eigenvalue weighted by atomic mass is 16.5. The fourth-order valence-electron chi connectivity index (χ4n) is 2.40. The van der Waals surface area contributed by atoms with Crippen molar-refractivity contribution in [3.05, 3.63) is 23.9 Å². The number of piperidine rings is 1. The van der Waals surface area contributed by atoms with Crippen molar-refractivity contribution in [2.24, 2.45) is 0 Å². The summed E-state index contributed by atoms with van der Waals surface area (Å²) in [6.45, 7) is 6.68. The predicted octanol–water partition coefficient (Wildman–Crippen LogP) is 2.53. The highest BCUT2D eigenvalue weighted by Crippen LogP contribution is 2.21. The molecule has 0 amide bonds. The van der Waals surface area contributed by atoms with Gasteiger partial charge >= 0.3 is 0 Å². The fraction of sp³-hybridized carbons (Fsp3) is 0.667. The van der Waals surface area contributed by atoms with Gasteiger partial charge in [-0.05, 0) is 37.8 Å². The van der Waals surface area contributed by atoms with E-state index in [2.05, 4.69) is 16.8 Å². The van der Waals surface area contributed by atoms with Crippen LogP contribution in [0.5, 0.6) is 0 Å². The van der Waals surface area contributed by atoms with Crippen molar-refractivity contribution in [1.29, 1.82) is 0 Å². The predicted molar refractivity (Wildman–Crippen MR) is 76.3 cm³/mol. The molecule has 0 saturated carbocycles. The zero-order valence-corrected chi connectivity index (χ0v) is 11.9. The molecule has 0 bridgehead atoms. The summed E-state index contributed by atoms with van der Waals surface area (Å²) < 4.78 is 5.84. The Bertz CT molecular complexity index is 378. The number of ether oxygens (including phenoxy) is 1. The molecule has 19 heavy (non-hydrogen) atoms. The number of hydrogen-bond acceptors (Lipinski definition) is 4. The third-order valence-electron chi connectivity index (χ3n) is 3.51. The van der Waals surface area contributed by atoms with Crippen molar-refractivity contribution < 1.29 is 9.84 Å². The highest BCUT2D eigenvalue weighted by molar-refractivity contribution is 5.40. The summed E-state index contributed by atoms with van der Waals surface area (Å²) in [5.74, 6) is 0.981. The van der Waals surface area contributed by atoms with Gasteiger partial charge in [-0.2, -0.15) is 0 Å². The molecule has 1 aliphatic rings. The van der Waals surface area contributed by atoms with Crippen molar-refractivity contribution in [3.63, 3.8) is 0 Å². The van der Waals surface area contributed by atoms with Crippen LogP contribution in [0.25, 0.3) is 0 Å². The first-order chi connectivity index (χ1) is 9.20. The number of hydrogen-bond donors (Lipinski definition) is 1. The summed E-state index contributed by atoms with van der Waals surface area (Å²) in [5.41, 5.74) is 0.861. The summed E-state index contributed by atoms with van der Waals surface area (Å²) in [4.78, 5) is 6.72. The maximum absolute atomic E-state index is 9.49. The standard InChI is InChI=1S/C15H24N2O2/c1-3-9-19-14-5-4-8-17(11-14)15-7-6-13(10-16-15)12(2)18/h6-7,10,12,14,18H,3-5,8-9,11H2,1-2H3/t12-,14?/m0/s1. The third kappa shape index (κ3) is 3.91. The number of rotatable bonds is 5. The van der Waals surface area contributed by atoms with E-state index in [4.69, 9.17) is 4.74 Å². The van der Waals surface area contributed by atoms with E-state index < -0.39 is 6.10 Å². The van der Waals surface area contributed by atoms with Crippen molar-refractivity contribution in [3.8, 4) is 0 Å². The summed E-state index contributed by atoms with van der Waals surface area (Å²) in [5, 5.41) is 9.49. The lowest BCUT2D eigenvalue weighted by Crippen LogP contribution is -2.40. The summed E-state index contributed by atoms with van der Waals surface area (Å²) in [6.07, 6.45) is 4.99. The SMILES string of the molecule is CCCOC1CCCN(c2ccc([C@H](C)O)cn2)C1. The van der Waals surface area contributed by atoms with Gasteiger partial charge in [0.1, 0.15) is 5.82 Å². The maximum Gasteiger partial charge on any atom is 0.128 e. The molecule has 106 valence electrons. The van der Waals surface area contributed by atoms with Crippen LogP contribution in [0.4, 0.5) is 5.82 Å². The molecule has 1 aromatic rings. The van der Waals surface area contributed by atoms with Gasteiger partial charge in [0, 0.05) is 25.9 Å². The number of anilines is 1. The fourth-order valence-corrected chi connectivity index (χ4v) is 2.40. The molecule has 2 rings (SSSR count). The van der Waals surface area contributed by atoms with Crippen LogP contribution in [0.2, 0.25) is 0 Å². The molecule has 0 radical (unpaired) electrons. The van der Waals surface area contributed by atoms with Crippen LogP contribution in [0, 0.1) is 0 Å². The van der Waals surface area contributed by atoms with Gasteiger partial charge in [-0.1, -0.05) is 13.0 Å². The van der Waals surface area contributed by atoms with E-state index in [1.54, 1.807) is 13.1 Å². The Morgan fingerprint density at radius 1 is 1.53 bits per heavy atom. The number of aromatic nitrogens is 1. The lowest BCUT2D eigenvalue weighted by Gasteiger charge is -2.33. The zero-order valence-electron chi connectivity index (χ0n) is 11.9. The van der Waals surface area contributed by atoms with Crippen LogP contribution in [0.1, 0.15) is 44.8 Å². The van der Waals surface area contributed by atoms with Gasteiger partial charge in [0.25, 0.3) is 0 Å². The van der Waals surface area contributed by atoms with Crippen LogP contribution < -0.4 is 4.90 Å². The Hall–Kier alpha value is -1.13. The van der Waals surface area contributed by atoms with Gasteiger partial charge in [0.15, 0.2) is 0 Å². The van der Waals surface area contributed by atoms with Gasteiger partial charge < -0.3 is 14.7 Å². The molecule has 1 aromatic heterocycles. The molecule has 0 spiro atoms. The monoisotopic (exact) mass is 264 g/mol. The topological polar surface area (TPSA) is 45.6 Å². The largest absolute Gasteiger partial charge is 0.389 e. The quantitative estimate of drug-likeness (QED) is 0.887.